The Morgan fingerprint density at radius 2 is 2.03 bits per heavy atom. The Labute approximate surface area is 181 Å². The molecule has 0 unspecified atom stereocenters. The molecule has 0 aliphatic heterocycles. The molecule has 2 aromatic carbocycles. The second kappa shape index (κ2) is 7.49. The Balaban J connectivity index is 1.40. The van der Waals surface area contributed by atoms with E-state index in [4.69, 9.17) is 11.6 Å². The summed E-state index contributed by atoms with van der Waals surface area (Å²) in [7, 11) is 0. The van der Waals surface area contributed by atoms with Gasteiger partial charge in [-0.05, 0) is 91.7 Å². The van der Waals surface area contributed by atoms with Gasteiger partial charge < -0.3 is 5.11 Å². The molecule has 0 radical (unpaired) electrons. The van der Waals surface area contributed by atoms with Gasteiger partial charge in [0.25, 0.3) is 0 Å². The standard InChI is InChI=1S/C25H26ClFN2O/c1-25-12-11-18-17-8-6-16(30)13-15(17)5-7-19(18)21(25)9-10-24(25)29-28-14-20-22(26)3-2-4-23(20)27/h2-4,6,8,13-14,18-19,21,30H,5,7,9-12H2,1H3/b28-14-,29-24-/t18-,19+,21-,25+/m1/s1. The average molecular weight is 425 g/mol. The van der Waals surface area contributed by atoms with Gasteiger partial charge in [-0.3, -0.25) is 0 Å². The van der Waals surface area contributed by atoms with Crippen LogP contribution >= 0.6 is 11.6 Å². The van der Waals surface area contributed by atoms with Crippen molar-refractivity contribution in [3.05, 3.63) is 63.9 Å². The molecule has 4 atom stereocenters. The summed E-state index contributed by atoms with van der Waals surface area (Å²) in [6, 6.07) is 10.5. The highest BCUT2D eigenvalue weighted by Gasteiger charge is 2.53. The Hall–Kier alpha value is -2.20. The number of rotatable bonds is 2. The van der Waals surface area contributed by atoms with E-state index in [-0.39, 0.29) is 11.2 Å². The van der Waals surface area contributed by atoms with Crippen LogP contribution in [0.1, 0.15) is 61.6 Å². The number of benzene rings is 2. The zero-order valence-corrected chi connectivity index (χ0v) is 17.9. The van der Waals surface area contributed by atoms with E-state index in [1.54, 1.807) is 12.1 Å². The lowest BCUT2D eigenvalue weighted by Gasteiger charge is -2.49. The average Bonchev–Trinajstić information content (AvgIpc) is 3.06. The third-order valence-corrected chi connectivity index (χ3v) is 8.15. The van der Waals surface area contributed by atoms with Crippen LogP contribution in [0.2, 0.25) is 5.02 Å². The molecule has 0 saturated heterocycles. The highest BCUT2D eigenvalue weighted by atomic mass is 35.5. The third-order valence-electron chi connectivity index (χ3n) is 7.82. The Morgan fingerprint density at radius 3 is 2.87 bits per heavy atom. The summed E-state index contributed by atoms with van der Waals surface area (Å²) in [5.41, 5.74) is 4.25. The Morgan fingerprint density at radius 1 is 1.17 bits per heavy atom. The molecule has 2 fully saturated rings. The maximum Gasteiger partial charge on any atom is 0.133 e. The van der Waals surface area contributed by atoms with Crippen molar-refractivity contribution in [3.8, 4) is 5.75 Å². The molecule has 0 bridgehead atoms. The minimum Gasteiger partial charge on any atom is -0.508 e. The molecule has 156 valence electrons. The van der Waals surface area contributed by atoms with Gasteiger partial charge in [0, 0.05) is 16.7 Å². The summed E-state index contributed by atoms with van der Waals surface area (Å²) in [5.74, 6) is 1.82. The van der Waals surface area contributed by atoms with Crippen LogP contribution in [0.3, 0.4) is 0 Å². The van der Waals surface area contributed by atoms with Crippen LogP contribution in [-0.4, -0.2) is 17.0 Å². The molecule has 3 aliphatic carbocycles. The van der Waals surface area contributed by atoms with E-state index in [0.717, 1.165) is 37.8 Å². The number of hydrogen-bond donors (Lipinski definition) is 1. The summed E-state index contributed by atoms with van der Waals surface area (Å²) in [6.45, 7) is 2.34. The van der Waals surface area contributed by atoms with Crippen molar-refractivity contribution in [2.24, 2.45) is 27.5 Å². The molecule has 3 aliphatic rings. The maximum atomic E-state index is 14.0. The van der Waals surface area contributed by atoms with Crippen molar-refractivity contribution in [2.75, 3.05) is 0 Å². The summed E-state index contributed by atoms with van der Waals surface area (Å²) in [6.07, 6.45) is 7.97. The molecule has 30 heavy (non-hydrogen) atoms. The molecule has 2 saturated carbocycles. The molecule has 5 heteroatoms. The first-order valence-electron chi connectivity index (χ1n) is 10.8. The highest BCUT2D eigenvalue weighted by molar-refractivity contribution is 6.33. The predicted octanol–water partition coefficient (Wildman–Crippen LogP) is 6.52. The molecule has 2 aromatic rings. The minimum atomic E-state index is -0.380. The van der Waals surface area contributed by atoms with Crippen LogP contribution in [0.25, 0.3) is 0 Å². The smallest absolute Gasteiger partial charge is 0.133 e. The van der Waals surface area contributed by atoms with Crippen molar-refractivity contribution in [1.29, 1.82) is 0 Å². The van der Waals surface area contributed by atoms with Gasteiger partial charge in [0.2, 0.25) is 0 Å². The first kappa shape index (κ1) is 19.7. The van der Waals surface area contributed by atoms with Gasteiger partial charge in [-0.15, -0.1) is 0 Å². The SMILES string of the molecule is C[C@]12CC[C@@H]3c4ccc(O)cc4CC[C@@H]3[C@H]1CC/C2=N/N=C\c1c(F)cccc1Cl. The number of hydrogen-bond acceptors (Lipinski definition) is 3. The van der Waals surface area contributed by atoms with E-state index in [0.29, 0.717) is 34.1 Å². The number of phenols is 1. The fraction of sp³-hybridized carbons (Fsp3) is 0.440. The van der Waals surface area contributed by atoms with Gasteiger partial charge in [-0.25, -0.2) is 4.39 Å². The molecular formula is C25H26ClFN2O. The second-order valence-electron chi connectivity index (χ2n) is 9.22. The molecule has 0 spiro atoms. The molecule has 0 heterocycles. The lowest BCUT2D eigenvalue weighted by atomic mass is 9.55. The summed E-state index contributed by atoms with van der Waals surface area (Å²) in [5, 5.41) is 19.0. The van der Waals surface area contributed by atoms with Crippen LogP contribution in [-0.2, 0) is 6.42 Å². The second-order valence-corrected chi connectivity index (χ2v) is 9.63. The lowest BCUT2D eigenvalue weighted by molar-refractivity contribution is 0.0955. The predicted molar refractivity (Wildman–Crippen MR) is 119 cm³/mol. The monoisotopic (exact) mass is 424 g/mol. The maximum absolute atomic E-state index is 14.0. The van der Waals surface area contributed by atoms with Crippen LogP contribution in [0.4, 0.5) is 4.39 Å². The van der Waals surface area contributed by atoms with Crippen molar-refractivity contribution in [1.82, 2.24) is 0 Å². The number of halogens is 2. The topological polar surface area (TPSA) is 45.0 Å². The number of aromatic hydroxyl groups is 1. The normalized spacial score (nSPS) is 31.6. The van der Waals surface area contributed by atoms with E-state index < -0.39 is 0 Å². The van der Waals surface area contributed by atoms with Crippen molar-refractivity contribution in [2.45, 2.75) is 51.4 Å². The van der Waals surface area contributed by atoms with Crippen molar-refractivity contribution >= 4 is 23.5 Å². The molecular weight excluding hydrogens is 399 g/mol. The van der Waals surface area contributed by atoms with Crippen molar-refractivity contribution in [3.63, 3.8) is 0 Å². The lowest BCUT2D eigenvalue weighted by Crippen LogP contribution is -2.42. The van der Waals surface area contributed by atoms with Crippen LogP contribution in [0.5, 0.6) is 5.75 Å². The summed E-state index contributed by atoms with van der Waals surface area (Å²) >= 11 is 6.09. The van der Waals surface area contributed by atoms with E-state index in [1.807, 2.05) is 12.1 Å². The molecule has 1 N–H and O–H groups in total. The molecule has 0 aromatic heterocycles. The number of fused-ring (bicyclic) bond motifs is 5. The molecule has 0 amide bonds. The third kappa shape index (κ3) is 3.17. The van der Waals surface area contributed by atoms with Crippen LogP contribution in [0, 0.1) is 23.1 Å². The fourth-order valence-corrected chi connectivity index (χ4v) is 6.52. The van der Waals surface area contributed by atoms with Gasteiger partial charge >= 0.3 is 0 Å². The van der Waals surface area contributed by atoms with E-state index >= 15 is 0 Å². The van der Waals surface area contributed by atoms with Gasteiger partial charge in [0.15, 0.2) is 0 Å². The first-order chi connectivity index (χ1) is 14.5. The zero-order chi connectivity index (χ0) is 20.9. The molecule has 5 rings (SSSR count). The summed E-state index contributed by atoms with van der Waals surface area (Å²) < 4.78 is 14.0. The summed E-state index contributed by atoms with van der Waals surface area (Å²) in [4.78, 5) is 0. The van der Waals surface area contributed by atoms with E-state index in [9.17, 15) is 9.50 Å². The number of nitrogens with zero attached hydrogens (tertiary/aromatic N) is 2. The van der Waals surface area contributed by atoms with Crippen molar-refractivity contribution < 1.29 is 9.50 Å². The van der Waals surface area contributed by atoms with Gasteiger partial charge in [-0.1, -0.05) is 30.7 Å². The quantitative estimate of drug-likeness (QED) is 0.433. The Kier molecular flexibility index (Phi) is 4.93. The largest absolute Gasteiger partial charge is 0.508 e. The number of aryl methyl sites for hydroxylation is 1. The van der Waals surface area contributed by atoms with Gasteiger partial charge in [0.1, 0.15) is 11.6 Å². The highest BCUT2D eigenvalue weighted by Crippen LogP contribution is 2.60. The van der Waals surface area contributed by atoms with Gasteiger partial charge in [0.05, 0.1) is 11.2 Å². The zero-order valence-electron chi connectivity index (χ0n) is 17.1. The van der Waals surface area contributed by atoms with E-state index in [2.05, 4.69) is 23.2 Å². The Bertz CT molecular complexity index is 1030. The van der Waals surface area contributed by atoms with Crippen LogP contribution in [0.15, 0.2) is 46.6 Å². The fourth-order valence-electron chi connectivity index (χ4n) is 6.31. The van der Waals surface area contributed by atoms with Crippen LogP contribution < -0.4 is 0 Å². The van der Waals surface area contributed by atoms with E-state index in [1.165, 1.54) is 29.8 Å². The first-order valence-corrected chi connectivity index (χ1v) is 11.2. The van der Waals surface area contributed by atoms with Gasteiger partial charge in [-0.2, -0.15) is 10.2 Å². The molecule has 3 nitrogen and oxygen atoms in total. The number of phenolic OH excluding ortho intramolecular Hbond substituents is 1. The minimum absolute atomic E-state index is 0.0615.